The zero-order valence-corrected chi connectivity index (χ0v) is 10.6. The van der Waals surface area contributed by atoms with Gasteiger partial charge >= 0.3 is 0 Å². The maximum atomic E-state index is 11.7. The molecule has 1 aromatic carbocycles. The highest BCUT2D eigenvalue weighted by Crippen LogP contribution is 2.34. The largest absolute Gasteiger partial charge is 0.496 e. The molecule has 1 aromatic rings. The highest BCUT2D eigenvalue weighted by atomic mass is 16.5. The molecular formula is C15H20O2. The Bertz CT molecular complexity index is 394. The van der Waals surface area contributed by atoms with Crippen molar-refractivity contribution in [3.8, 4) is 5.75 Å². The lowest BCUT2D eigenvalue weighted by Crippen LogP contribution is -2.04. The Kier molecular flexibility index (Phi) is 3.82. The molecule has 0 bridgehead atoms. The lowest BCUT2D eigenvalue weighted by molar-refractivity contribution is -0.120. The molecule has 1 atom stereocenters. The van der Waals surface area contributed by atoms with Gasteiger partial charge in [0.25, 0.3) is 0 Å². The minimum atomic E-state index is 0.383. The van der Waals surface area contributed by atoms with Crippen molar-refractivity contribution >= 4 is 5.78 Å². The van der Waals surface area contributed by atoms with Gasteiger partial charge in [-0.3, -0.25) is 4.79 Å². The van der Waals surface area contributed by atoms with Crippen LogP contribution in [0.2, 0.25) is 0 Å². The zero-order valence-electron chi connectivity index (χ0n) is 10.6. The number of benzene rings is 1. The van der Waals surface area contributed by atoms with Gasteiger partial charge in [0.05, 0.1) is 7.11 Å². The third-order valence-electron chi connectivity index (χ3n) is 3.53. The highest BCUT2D eigenvalue weighted by molar-refractivity contribution is 5.83. The molecule has 0 amide bonds. The minimum absolute atomic E-state index is 0.383. The van der Waals surface area contributed by atoms with E-state index in [1.807, 2.05) is 18.2 Å². The summed E-state index contributed by atoms with van der Waals surface area (Å²) in [6.45, 7) is 2.16. The van der Waals surface area contributed by atoms with Crippen LogP contribution < -0.4 is 4.74 Å². The molecule has 1 saturated carbocycles. The number of ether oxygens (including phenoxy) is 1. The van der Waals surface area contributed by atoms with Crippen LogP contribution >= 0.6 is 0 Å². The second kappa shape index (κ2) is 5.35. The van der Waals surface area contributed by atoms with Crippen LogP contribution in [-0.2, 0) is 4.79 Å². The van der Waals surface area contributed by atoms with Gasteiger partial charge in [-0.05, 0) is 36.8 Å². The van der Waals surface area contributed by atoms with E-state index in [0.717, 1.165) is 25.0 Å². The average Bonchev–Trinajstić information content (AvgIpc) is 3.19. The first-order valence-electron chi connectivity index (χ1n) is 6.38. The van der Waals surface area contributed by atoms with Gasteiger partial charge < -0.3 is 4.74 Å². The molecule has 1 aliphatic rings. The van der Waals surface area contributed by atoms with Crippen LogP contribution in [-0.4, -0.2) is 12.9 Å². The Morgan fingerprint density at radius 2 is 2.12 bits per heavy atom. The topological polar surface area (TPSA) is 26.3 Å². The highest BCUT2D eigenvalue weighted by Gasteiger charge is 2.29. The second-order valence-electron chi connectivity index (χ2n) is 4.92. The summed E-state index contributed by atoms with van der Waals surface area (Å²) in [5.74, 6) is 2.15. The van der Waals surface area contributed by atoms with Crippen molar-refractivity contribution in [3.05, 3.63) is 29.8 Å². The van der Waals surface area contributed by atoms with Crippen molar-refractivity contribution < 1.29 is 9.53 Å². The Balaban J connectivity index is 1.93. The number of hydrogen-bond acceptors (Lipinski definition) is 2. The average molecular weight is 232 g/mol. The maximum absolute atomic E-state index is 11.7. The number of methoxy groups -OCH3 is 1. The minimum Gasteiger partial charge on any atom is -0.496 e. The van der Waals surface area contributed by atoms with E-state index in [9.17, 15) is 4.79 Å². The van der Waals surface area contributed by atoms with Gasteiger partial charge in [-0.1, -0.05) is 25.1 Å². The quantitative estimate of drug-likeness (QED) is 0.749. The zero-order chi connectivity index (χ0) is 12.3. The van der Waals surface area contributed by atoms with Gasteiger partial charge in [0.1, 0.15) is 11.5 Å². The SMILES string of the molecule is COc1ccccc1[C@@H](C)CCC(=O)C1CC1. The molecule has 2 nitrogen and oxygen atoms in total. The Labute approximate surface area is 103 Å². The molecule has 2 heteroatoms. The van der Waals surface area contributed by atoms with E-state index in [4.69, 9.17) is 4.74 Å². The Morgan fingerprint density at radius 1 is 1.41 bits per heavy atom. The van der Waals surface area contributed by atoms with E-state index in [1.165, 1.54) is 5.56 Å². The summed E-state index contributed by atoms with van der Waals surface area (Å²) in [6, 6.07) is 8.07. The monoisotopic (exact) mass is 232 g/mol. The van der Waals surface area contributed by atoms with Crippen LogP contribution in [0.1, 0.15) is 44.1 Å². The standard InChI is InChI=1S/C15H20O2/c1-11(7-10-14(16)12-8-9-12)13-5-3-4-6-15(13)17-2/h3-6,11-12H,7-10H2,1-2H3/t11-/m0/s1. The number of carbonyl (C=O) groups excluding carboxylic acids is 1. The van der Waals surface area contributed by atoms with E-state index in [0.29, 0.717) is 24.0 Å². The van der Waals surface area contributed by atoms with Crippen molar-refractivity contribution in [1.82, 2.24) is 0 Å². The van der Waals surface area contributed by atoms with E-state index in [-0.39, 0.29) is 0 Å². The number of hydrogen-bond donors (Lipinski definition) is 0. The molecule has 0 aliphatic heterocycles. The summed E-state index contributed by atoms with van der Waals surface area (Å²) < 4.78 is 5.35. The molecule has 1 aliphatic carbocycles. The van der Waals surface area contributed by atoms with Gasteiger partial charge in [-0.15, -0.1) is 0 Å². The number of rotatable bonds is 6. The fourth-order valence-electron chi connectivity index (χ4n) is 2.20. The Morgan fingerprint density at radius 3 is 2.76 bits per heavy atom. The van der Waals surface area contributed by atoms with Crippen molar-refractivity contribution in [3.63, 3.8) is 0 Å². The molecule has 0 radical (unpaired) electrons. The van der Waals surface area contributed by atoms with Gasteiger partial charge in [0.2, 0.25) is 0 Å². The fraction of sp³-hybridized carbons (Fsp3) is 0.533. The summed E-state index contributed by atoms with van der Waals surface area (Å²) in [7, 11) is 1.70. The lowest BCUT2D eigenvalue weighted by Gasteiger charge is -2.15. The second-order valence-corrected chi connectivity index (χ2v) is 4.92. The van der Waals surface area contributed by atoms with Crippen LogP contribution in [0.3, 0.4) is 0 Å². The van der Waals surface area contributed by atoms with E-state index in [2.05, 4.69) is 13.0 Å². The van der Waals surface area contributed by atoms with Crippen molar-refractivity contribution in [2.75, 3.05) is 7.11 Å². The van der Waals surface area contributed by atoms with Gasteiger partial charge in [0.15, 0.2) is 0 Å². The molecule has 0 spiro atoms. The van der Waals surface area contributed by atoms with Crippen molar-refractivity contribution in [2.45, 2.75) is 38.5 Å². The van der Waals surface area contributed by atoms with Crippen molar-refractivity contribution in [2.24, 2.45) is 5.92 Å². The summed E-state index contributed by atoms with van der Waals surface area (Å²) in [5.41, 5.74) is 1.21. The molecule has 92 valence electrons. The molecule has 17 heavy (non-hydrogen) atoms. The number of Topliss-reactive ketones (excluding diaryl/α,β-unsaturated/α-hetero) is 1. The predicted octanol–water partition coefficient (Wildman–Crippen LogP) is 3.56. The predicted molar refractivity (Wildman–Crippen MR) is 68.4 cm³/mol. The van der Waals surface area contributed by atoms with E-state index in [1.54, 1.807) is 7.11 Å². The molecule has 0 aromatic heterocycles. The molecule has 0 N–H and O–H groups in total. The summed E-state index contributed by atoms with van der Waals surface area (Å²) in [4.78, 5) is 11.7. The third-order valence-corrected chi connectivity index (χ3v) is 3.53. The normalized spacial score (nSPS) is 16.6. The summed E-state index contributed by atoms with van der Waals surface area (Å²) in [6.07, 6.45) is 3.86. The molecular weight excluding hydrogens is 212 g/mol. The maximum Gasteiger partial charge on any atom is 0.135 e. The smallest absolute Gasteiger partial charge is 0.135 e. The number of carbonyl (C=O) groups is 1. The molecule has 0 unspecified atom stereocenters. The van der Waals surface area contributed by atoms with Gasteiger partial charge in [0, 0.05) is 12.3 Å². The third kappa shape index (κ3) is 3.09. The molecule has 1 fully saturated rings. The first-order valence-corrected chi connectivity index (χ1v) is 6.38. The molecule has 2 rings (SSSR count). The van der Waals surface area contributed by atoms with E-state index >= 15 is 0 Å². The molecule has 0 heterocycles. The van der Waals surface area contributed by atoms with Gasteiger partial charge in [-0.2, -0.15) is 0 Å². The number of para-hydroxylation sites is 1. The van der Waals surface area contributed by atoms with E-state index < -0.39 is 0 Å². The van der Waals surface area contributed by atoms with Crippen LogP contribution in [0.4, 0.5) is 0 Å². The summed E-state index contributed by atoms with van der Waals surface area (Å²) in [5, 5.41) is 0. The first-order chi connectivity index (χ1) is 8.22. The van der Waals surface area contributed by atoms with Crippen molar-refractivity contribution in [1.29, 1.82) is 0 Å². The summed E-state index contributed by atoms with van der Waals surface area (Å²) >= 11 is 0. The fourth-order valence-corrected chi connectivity index (χ4v) is 2.20. The van der Waals surface area contributed by atoms with Gasteiger partial charge in [-0.25, -0.2) is 0 Å². The number of ketones is 1. The first kappa shape index (κ1) is 12.2. The lowest BCUT2D eigenvalue weighted by atomic mass is 9.93. The van der Waals surface area contributed by atoms with Crippen LogP contribution in [0.15, 0.2) is 24.3 Å². The van der Waals surface area contributed by atoms with Crippen LogP contribution in [0.5, 0.6) is 5.75 Å². The van der Waals surface area contributed by atoms with Crippen LogP contribution in [0.25, 0.3) is 0 Å². The molecule has 0 saturated heterocycles. The van der Waals surface area contributed by atoms with Crippen LogP contribution in [0, 0.1) is 5.92 Å². The Hall–Kier alpha value is -1.31.